The third kappa shape index (κ3) is 1.95. The van der Waals surface area contributed by atoms with Crippen molar-refractivity contribution >= 4 is 5.97 Å². The maximum Gasteiger partial charge on any atom is 0.325 e. The highest BCUT2D eigenvalue weighted by Gasteiger charge is 2.42. The molecule has 86 valence electrons. The minimum atomic E-state index is -0.532. The second-order valence-electron chi connectivity index (χ2n) is 4.52. The largest absolute Gasteiger partial charge is 0.468 e. The predicted octanol–water partition coefficient (Wildman–Crippen LogP) is 1.70. The van der Waals surface area contributed by atoms with E-state index in [1.165, 1.54) is 12.7 Å². The third-order valence-electron chi connectivity index (χ3n) is 3.30. The van der Waals surface area contributed by atoms with E-state index in [0.29, 0.717) is 5.92 Å². The van der Waals surface area contributed by atoms with E-state index in [-0.39, 0.29) is 5.97 Å². The summed E-state index contributed by atoms with van der Waals surface area (Å²) in [5, 5.41) is 3.26. The van der Waals surface area contributed by atoms with Gasteiger partial charge in [-0.15, -0.1) is 0 Å². The average Bonchev–Trinajstić information content (AvgIpc) is 2.73. The molecule has 0 aromatic heterocycles. The number of methoxy groups -OCH3 is 1. The molecule has 1 aliphatic heterocycles. The predicted molar refractivity (Wildman–Crippen MR) is 62.2 cm³/mol. The summed E-state index contributed by atoms with van der Waals surface area (Å²) in [7, 11) is 1.44. The molecule has 2 rings (SSSR count). The Morgan fingerprint density at radius 3 is 2.75 bits per heavy atom. The standard InChI is InChI=1S/C13H17NO2/c1-13(12(15)16-2)8-11(9-14-13)10-6-4-3-5-7-10/h3-7,11,14H,8-9H2,1-2H3. The summed E-state index contributed by atoms with van der Waals surface area (Å²) in [6.07, 6.45) is 0.795. The van der Waals surface area contributed by atoms with Crippen molar-refractivity contribution < 1.29 is 9.53 Å². The second-order valence-corrected chi connectivity index (χ2v) is 4.52. The molecule has 2 atom stereocenters. The number of benzene rings is 1. The van der Waals surface area contributed by atoms with Gasteiger partial charge in [0.2, 0.25) is 0 Å². The van der Waals surface area contributed by atoms with Gasteiger partial charge in [0.1, 0.15) is 5.54 Å². The highest BCUT2D eigenvalue weighted by molar-refractivity contribution is 5.80. The molecule has 1 saturated heterocycles. The van der Waals surface area contributed by atoms with Gasteiger partial charge in [-0.2, -0.15) is 0 Å². The van der Waals surface area contributed by atoms with Crippen LogP contribution in [0, 0.1) is 0 Å². The molecule has 0 aliphatic carbocycles. The Morgan fingerprint density at radius 2 is 2.12 bits per heavy atom. The van der Waals surface area contributed by atoms with Gasteiger partial charge >= 0.3 is 5.97 Å². The summed E-state index contributed by atoms with van der Waals surface area (Å²) in [5.41, 5.74) is 0.748. The van der Waals surface area contributed by atoms with E-state index in [9.17, 15) is 4.79 Å². The Balaban J connectivity index is 2.12. The van der Waals surface area contributed by atoms with Crippen LogP contribution in [0.15, 0.2) is 30.3 Å². The van der Waals surface area contributed by atoms with Crippen LogP contribution in [0.5, 0.6) is 0 Å². The summed E-state index contributed by atoms with van der Waals surface area (Å²) >= 11 is 0. The van der Waals surface area contributed by atoms with Gasteiger partial charge in [-0.25, -0.2) is 0 Å². The molecule has 1 aliphatic rings. The molecular formula is C13H17NO2. The van der Waals surface area contributed by atoms with E-state index < -0.39 is 5.54 Å². The van der Waals surface area contributed by atoms with Crippen LogP contribution in [-0.4, -0.2) is 25.2 Å². The van der Waals surface area contributed by atoms with E-state index in [1.54, 1.807) is 0 Å². The summed E-state index contributed by atoms with van der Waals surface area (Å²) < 4.78 is 4.82. The minimum Gasteiger partial charge on any atom is -0.468 e. The maximum absolute atomic E-state index is 11.6. The van der Waals surface area contributed by atoms with E-state index in [4.69, 9.17) is 4.74 Å². The summed E-state index contributed by atoms with van der Waals surface area (Å²) in [4.78, 5) is 11.6. The Hall–Kier alpha value is -1.35. The molecule has 0 spiro atoms. The number of esters is 1. The fourth-order valence-electron chi connectivity index (χ4n) is 2.33. The van der Waals surface area contributed by atoms with Crippen LogP contribution in [0.2, 0.25) is 0 Å². The van der Waals surface area contributed by atoms with Gasteiger partial charge in [0.15, 0.2) is 0 Å². The van der Waals surface area contributed by atoms with Crippen molar-refractivity contribution in [2.45, 2.75) is 24.8 Å². The Labute approximate surface area is 95.8 Å². The van der Waals surface area contributed by atoms with Gasteiger partial charge in [0, 0.05) is 6.54 Å². The molecule has 1 aromatic rings. The molecule has 1 N–H and O–H groups in total. The first-order valence-corrected chi connectivity index (χ1v) is 5.54. The highest BCUT2D eigenvalue weighted by Crippen LogP contribution is 2.32. The molecular weight excluding hydrogens is 202 g/mol. The van der Waals surface area contributed by atoms with Crippen molar-refractivity contribution in [1.29, 1.82) is 0 Å². The quantitative estimate of drug-likeness (QED) is 0.769. The lowest BCUT2D eigenvalue weighted by Crippen LogP contribution is -2.45. The highest BCUT2D eigenvalue weighted by atomic mass is 16.5. The monoisotopic (exact) mass is 219 g/mol. The van der Waals surface area contributed by atoms with Crippen LogP contribution in [0.3, 0.4) is 0 Å². The summed E-state index contributed by atoms with van der Waals surface area (Å²) in [5.74, 6) is 0.219. The molecule has 3 heteroatoms. The third-order valence-corrected chi connectivity index (χ3v) is 3.30. The Morgan fingerprint density at radius 1 is 1.44 bits per heavy atom. The number of hydrogen-bond acceptors (Lipinski definition) is 3. The van der Waals surface area contributed by atoms with Crippen molar-refractivity contribution in [3.8, 4) is 0 Å². The molecule has 1 aromatic carbocycles. The molecule has 2 unspecified atom stereocenters. The topological polar surface area (TPSA) is 38.3 Å². The van der Waals surface area contributed by atoms with Crippen LogP contribution in [-0.2, 0) is 9.53 Å². The zero-order valence-corrected chi connectivity index (χ0v) is 9.69. The SMILES string of the molecule is COC(=O)C1(C)CC(c2ccccc2)CN1. The molecule has 16 heavy (non-hydrogen) atoms. The normalized spacial score (nSPS) is 29.0. The lowest BCUT2D eigenvalue weighted by atomic mass is 9.90. The fraction of sp³-hybridized carbons (Fsp3) is 0.462. The lowest BCUT2D eigenvalue weighted by Gasteiger charge is -2.20. The number of hydrogen-bond donors (Lipinski definition) is 1. The van der Waals surface area contributed by atoms with Crippen molar-refractivity contribution in [3.05, 3.63) is 35.9 Å². The van der Waals surface area contributed by atoms with Gasteiger partial charge < -0.3 is 10.1 Å². The van der Waals surface area contributed by atoms with Crippen molar-refractivity contribution in [2.24, 2.45) is 0 Å². The van der Waals surface area contributed by atoms with Crippen LogP contribution in [0.4, 0.5) is 0 Å². The lowest BCUT2D eigenvalue weighted by molar-refractivity contribution is -0.147. The van der Waals surface area contributed by atoms with Gasteiger partial charge in [-0.3, -0.25) is 4.79 Å². The van der Waals surface area contributed by atoms with Crippen molar-refractivity contribution in [1.82, 2.24) is 5.32 Å². The molecule has 0 amide bonds. The van der Waals surface area contributed by atoms with Gasteiger partial charge in [-0.1, -0.05) is 30.3 Å². The molecule has 0 saturated carbocycles. The van der Waals surface area contributed by atoms with Crippen LogP contribution in [0.1, 0.15) is 24.8 Å². The molecule has 0 bridgehead atoms. The second kappa shape index (κ2) is 4.26. The number of rotatable bonds is 2. The number of nitrogens with one attached hydrogen (secondary N) is 1. The zero-order chi connectivity index (χ0) is 11.6. The van der Waals surface area contributed by atoms with Gasteiger partial charge in [0.25, 0.3) is 0 Å². The first kappa shape index (κ1) is 11.1. The van der Waals surface area contributed by atoms with E-state index in [2.05, 4.69) is 17.4 Å². The van der Waals surface area contributed by atoms with Gasteiger partial charge in [0.05, 0.1) is 7.11 Å². The Kier molecular flexibility index (Phi) is 2.97. The van der Waals surface area contributed by atoms with E-state index in [1.807, 2.05) is 25.1 Å². The number of carbonyl (C=O) groups excluding carboxylic acids is 1. The summed E-state index contributed by atoms with van der Waals surface area (Å²) in [6, 6.07) is 10.3. The average molecular weight is 219 g/mol. The zero-order valence-electron chi connectivity index (χ0n) is 9.69. The molecule has 1 heterocycles. The minimum absolute atomic E-state index is 0.175. The van der Waals surface area contributed by atoms with Crippen LogP contribution in [0.25, 0.3) is 0 Å². The van der Waals surface area contributed by atoms with Crippen molar-refractivity contribution in [3.63, 3.8) is 0 Å². The summed E-state index contributed by atoms with van der Waals surface area (Å²) in [6.45, 7) is 2.73. The molecule has 0 radical (unpaired) electrons. The first-order valence-electron chi connectivity index (χ1n) is 5.54. The van der Waals surface area contributed by atoms with Crippen LogP contribution >= 0.6 is 0 Å². The maximum atomic E-state index is 11.6. The first-order chi connectivity index (χ1) is 7.65. The molecule has 3 nitrogen and oxygen atoms in total. The van der Waals surface area contributed by atoms with Gasteiger partial charge in [-0.05, 0) is 24.8 Å². The van der Waals surface area contributed by atoms with E-state index in [0.717, 1.165) is 13.0 Å². The smallest absolute Gasteiger partial charge is 0.325 e. The number of ether oxygens (including phenoxy) is 1. The number of carbonyl (C=O) groups is 1. The molecule has 1 fully saturated rings. The Bertz CT molecular complexity index is 377. The fourth-order valence-corrected chi connectivity index (χ4v) is 2.33. The van der Waals surface area contributed by atoms with Crippen molar-refractivity contribution in [2.75, 3.05) is 13.7 Å². The van der Waals surface area contributed by atoms with E-state index >= 15 is 0 Å². The van der Waals surface area contributed by atoms with Crippen LogP contribution < -0.4 is 5.32 Å².